The van der Waals surface area contributed by atoms with Crippen LogP contribution < -0.4 is 11.3 Å². The molecule has 0 aromatic heterocycles. The highest BCUT2D eigenvalue weighted by molar-refractivity contribution is 5.03. The molecule has 0 saturated carbocycles. The summed E-state index contributed by atoms with van der Waals surface area (Å²) >= 11 is 0. The van der Waals surface area contributed by atoms with Gasteiger partial charge in [0, 0.05) is 6.54 Å². The van der Waals surface area contributed by atoms with Gasteiger partial charge in [-0.2, -0.15) is 0 Å². The van der Waals surface area contributed by atoms with Crippen molar-refractivity contribution < 1.29 is 4.84 Å². The molecular formula is C9H19N3O. The molecule has 1 rings (SSSR count). The van der Waals surface area contributed by atoms with E-state index in [1.54, 1.807) is 0 Å². The third kappa shape index (κ3) is 2.90. The molecule has 1 heterocycles. The Kier molecular flexibility index (Phi) is 3.57. The highest BCUT2D eigenvalue weighted by atomic mass is 16.7. The lowest BCUT2D eigenvalue weighted by atomic mass is 10.0. The minimum Gasteiger partial charge on any atom is -0.390 e. The normalized spacial score (nSPS) is 18.8. The van der Waals surface area contributed by atoms with Crippen LogP contribution >= 0.6 is 0 Å². The number of hydrogen-bond donors (Lipinski definition) is 2. The second-order valence-electron chi connectivity index (χ2n) is 3.75. The van der Waals surface area contributed by atoms with E-state index in [1.807, 2.05) is 18.1 Å². The van der Waals surface area contributed by atoms with Gasteiger partial charge in [-0.3, -0.25) is 5.01 Å². The van der Waals surface area contributed by atoms with Crippen LogP contribution in [-0.4, -0.2) is 17.6 Å². The Morgan fingerprint density at radius 3 is 2.77 bits per heavy atom. The first-order valence-electron chi connectivity index (χ1n) is 4.80. The summed E-state index contributed by atoms with van der Waals surface area (Å²) in [6.07, 6.45) is 2.87. The fourth-order valence-corrected chi connectivity index (χ4v) is 1.27. The first-order chi connectivity index (χ1) is 6.13. The van der Waals surface area contributed by atoms with Crippen LogP contribution in [0.5, 0.6) is 0 Å². The van der Waals surface area contributed by atoms with Crippen molar-refractivity contribution in [2.24, 2.45) is 11.7 Å². The molecular weight excluding hydrogens is 166 g/mol. The van der Waals surface area contributed by atoms with Gasteiger partial charge in [0.15, 0.2) is 5.76 Å². The van der Waals surface area contributed by atoms with Crippen molar-refractivity contribution in [2.45, 2.75) is 33.2 Å². The Labute approximate surface area is 79.7 Å². The molecule has 0 spiro atoms. The summed E-state index contributed by atoms with van der Waals surface area (Å²) < 4.78 is 0. The van der Waals surface area contributed by atoms with Crippen LogP contribution in [0.1, 0.15) is 27.2 Å². The maximum Gasteiger partial charge on any atom is 0.160 e. The topological polar surface area (TPSA) is 50.5 Å². The van der Waals surface area contributed by atoms with E-state index >= 15 is 0 Å². The summed E-state index contributed by atoms with van der Waals surface area (Å²) in [4.78, 5) is 5.23. The van der Waals surface area contributed by atoms with Crippen molar-refractivity contribution in [2.75, 3.05) is 6.54 Å². The number of rotatable bonds is 4. The molecule has 4 heteroatoms. The molecule has 0 aromatic carbocycles. The van der Waals surface area contributed by atoms with Crippen LogP contribution in [0.15, 0.2) is 12.0 Å². The molecule has 4 nitrogen and oxygen atoms in total. The van der Waals surface area contributed by atoms with E-state index in [9.17, 15) is 0 Å². The molecule has 1 aliphatic heterocycles. The summed E-state index contributed by atoms with van der Waals surface area (Å²) in [5.74, 6) is 1.42. The summed E-state index contributed by atoms with van der Waals surface area (Å²) in [6.45, 7) is 7.22. The van der Waals surface area contributed by atoms with E-state index in [2.05, 4.69) is 19.4 Å². The zero-order valence-corrected chi connectivity index (χ0v) is 8.58. The van der Waals surface area contributed by atoms with Gasteiger partial charge in [0.1, 0.15) is 0 Å². The first kappa shape index (κ1) is 10.3. The van der Waals surface area contributed by atoms with E-state index in [1.165, 1.54) is 0 Å². The molecule has 0 bridgehead atoms. The van der Waals surface area contributed by atoms with Gasteiger partial charge in [0.25, 0.3) is 0 Å². The molecule has 3 N–H and O–H groups in total. The minimum atomic E-state index is 0.00375. The summed E-state index contributed by atoms with van der Waals surface area (Å²) in [5, 5.41) is 1.87. The van der Waals surface area contributed by atoms with Gasteiger partial charge in [-0.05, 0) is 19.3 Å². The van der Waals surface area contributed by atoms with E-state index in [4.69, 9.17) is 10.6 Å². The molecule has 13 heavy (non-hydrogen) atoms. The molecule has 0 saturated heterocycles. The van der Waals surface area contributed by atoms with Gasteiger partial charge in [0.2, 0.25) is 0 Å². The van der Waals surface area contributed by atoms with Crippen LogP contribution in [0.4, 0.5) is 0 Å². The summed E-state index contributed by atoms with van der Waals surface area (Å²) in [5.41, 5.74) is 8.71. The van der Waals surface area contributed by atoms with E-state index in [0.717, 1.165) is 18.7 Å². The number of nitrogens with zero attached hydrogens (tertiary/aromatic N) is 1. The zero-order chi connectivity index (χ0) is 9.84. The van der Waals surface area contributed by atoms with Gasteiger partial charge in [-0.15, -0.1) is 0 Å². The van der Waals surface area contributed by atoms with E-state index in [-0.39, 0.29) is 6.04 Å². The van der Waals surface area contributed by atoms with E-state index in [0.29, 0.717) is 5.92 Å². The molecule has 0 amide bonds. The van der Waals surface area contributed by atoms with Crippen LogP contribution in [-0.2, 0) is 4.84 Å². The SMILES string of the molecule is CCN1C=C(C(N)CC(C)C)ON1. The lowest BCUT2D eigenvalue weighted by molar-refractivity contribution is 0.0181. The Morgan fingerprint density at radius 2 is 2.31 bits per heavy atom. The smallest absolute Gasteiger partial charge is 0.160 e. The highest BCUT2D eigenvalue weighted by Gasteiger charge is 2.19. The van der Waals surface area contributed by atoms with E-state index < -0.39 is 0 Å². The Hall–Kier alpha value is -0.740. The average molecular weight is 185 g/mol. The Balaban J connectivity index is 2.43. The van der Waals surface area contributed by atoms with Crippen LogP contribution in [0, 0.1) is 5.92 Å². The number of hydrogen-bond acceptors (Lipinski definition) is 4. The quantitative estimate of drug-likeness (QED) is 0.685. The number of nitrogens with two attached hydrogens (primary N) is 1. The van der Waals surface area contributed by atoms with Crippen LogP contribution in [0.3, 0.4) is 0 Å². The zero-order valence-electron chi connectivity index (χ0n) is 8.58. The predicted molar refractivity (Wildman–Crippen MR) is 52.1 cm³/mol. The van der Waals surface area contributed by atoms with Crippen molar-refractivity contribution >= 4 is 0 Å². The summed E-state index contributed by atoms with van der Waals surface area (Å²) in [7, 11) is 0. The lowest BCUT2D eigenvalue weighted by Gasteiger charge is -2.13. The fraction of sp³-hybridized carbons (Fsp3) is 0.778. The van der Waals surface area contributed by atoms with Crippen molar-refractivity contribution in [3.8, 4) is 0 Å². The van der Waals surface area contributed by atoms with Gasteiger partial charge in [0.05, 0.1) is 12.2 Å². The second-order valence-corrected chi connectivity index (χ2v) is 3.75. The average Bonchev–Trinajstić information content (AvgIpc) is 2.50. The largest absolute Gasteiger partial charge is 0.390 e. The fourth-order valence-electron chi connectivity index (χ4n) is 1.27. The standard InChI is InChI=1S/C9H19N3O/c1-4-12-6-9(13-11-12)8(10)5-7(2)3/h6-8,11H,4-5,10H2,1-3H3. The summed E-state index contributed by atoms with van der Waals surface area (Å²) in [6, 6.07) is 0.00375. The van der Waals surface area contributed by atoms with Crippen LogP contribution in [0.2, 0.25) is 0 Å². The van der Waals surface area contributed by atoms with Crippen molar-refractivity contribution in [1.29, 1.82) is 0 Å². The predicted octanol–water partition coefficient (Wildman–Crippen LogP) is 0.973. The highest BCUT2D eigenvalue weighted by Crippen LogP contribution is 2.14. The first-order valence-corrected chi connectivity index (χ1v) is 4.80. The molecule has 1 atom stereocenters. The molecule has 0 radical (unpaired) electrons. The maximum absolute atomic E-state index is 5.94. The molecule has 0 fully saturated rings. The number of nitrogens with one attached hydrogen (secondary N) is 1. The van der Waals surface area contributed by atoms with Gasteiger partial charge in [-0.25, -0.2) is 0 Å². The maximum atomic E-state index is 5.94. The van der Waals surface area contributed by atoms with Gasteiger partial charge >= 0.3 is 0 Å². The number of hydrazine groups is 1. The molecule has 76 valence electrons. The molecule has 1 unspecified atom stereocenters. The third-order valence-corrected chi connectivity index (χ3v) is 2.00. The molecule has 1 aliphatic rings. The second kappa shape index (κ2) is 4.48. The van der Waals surface area contributed by atoms with Gasteiger partial charge in [-0.1, -0.05) is 19.4 Å². The monoisotopic (exact) mass is 185 g/mol. The van der Waals surface area contributed by atoms with Crippen molar-refractivity contribution in [3.05, 3.63) is 12.0 Å². The Bertz CT molecular complexity index is 191. The van der Waals surface area contributed by atoms with Crippen LogP contribution in [0.25, 0.3) is 0 Å². The Morgan fingerprint density at radius 1 is 1.62 bits per heavy atom. The van der Waals surface area contributed by atoms with Gasteiger partial charge < -0.3 is 10.6 Å². The minimum absolute atomic E-state index is 0.00375. The lowest BCUT2D eigenvalue weighted by Crippen LogP contribution is -2.28. The molecule has 0 aromatic rings. The van der Waals surface area contributed by atoms with Crippen molar-refractivity contribution in [3.63, 3.8) is 0 Å². The molecule has 0 aliphatic carbocycles. The third-order valence-electron chi connectivity index (χ3n) is 2.00. The van der Waals surface area contributed by atoms with Crippen molar-refractivity contribution in [1.82, 2.24) is 10.6 Å².